The molecule has 122 valence electrons. The number of hydrogen-bond acceptors (Lipinski definition) is 6. The molecule has 1 aliphatic carbocycles. The van der Waals surface area contributed by atoms with Crippen LogP contribution in [0.4, 0.5) is 0 Å². The Morgan fingerprint density at radius 3 is 2.00 bits per heavy atom. The molecule has 24 heavy (non-hydrogen) atoms. The lowest BCUT2D eigenvalue weighted by molar-refractivity contribution is -0.139. The smallest absolute Gasteiger partial charge is 0.310 e. The molecule has 0 radical (unpaired) electrons. The molecule has 0 saturated heterocycles. The molecule has 0 fully saturated rings. The SMILES string of the molecule is COC(=O)Cc1c(C)c(O)c2c(c1O)C(=O)c1ccccc1C2=O. The maximum Gasteiger partial charge on any atom is 0.310 e. The fourth-order valence-corrected chi connectivity index (χ4v) is 2.92. The van der Waals surface area contributed by atoms with E-state index in [1.165, 1.54) is 26.2 Å². The molecular formula is C18H14O6. The summed E-state index contributed by atoms with van der Waals surface area (Å²) < 4.78 is 4.57. The molecule has 0 aliphatic heterocycles. The van der Waals surface area contributed by atoms with Crippen LogP contribution in [0.3, 0.4) is 0 Å². The Morgan fingerprint density at radius 2 is 1.50 bits per heavy atom. The van der Waals surface area contributed by atoms with Gasteiger partial charge in [0.2, 0.25) is 0 Å². The molecule has 0 bridgehead atoms. The summed E-state index contributed by atoms with van der Waals surface area (Å²) in [5, 5.41) is 20.9. The van der Waals surface area contributed by atoms with Crippen LogP contribution in [0.15, 0.2) is 24.3 Å². The number of rotatable bonds is 2. The number of carbonyl (C=O) groups is 3. The number of phenols is 2. The van der Waals surface area contributed by atoms with E-state index in [0.717, 1.165) is 0 Å². The van der Waals surface area contributed by atoms with Crippen LogP contribution in [0.1, 0.15) is 43.0 Å². The van der Waals surface area contributed by atoms with Crippen molar-refractivity contribution >= 4 is 17.5 Å². The molecule has 2 aromatic carbocycles. The van der Waals surface area contributed by atoms with E-state index in [1.54, 1.807) is 12.1 Å². The number of benzene rings is 2. The number of carbonyl (C=O) groups excluding carboxylic acids is 3. The molecule has 0 unspecified atom stereocenters. The zero-order chi connectivity index (χ0) is 17.6. The summed E-state index contributed by atoms with van der Waals surface area (Å²) >= 11 is 0. The predicted molar refractivity (Wildman–Crippen MR) is 83.5 cm³/mol. The third-order valence-electron chi connectivity index (χ3n) is 4.24. The summed E-state index contributed by atoms with van der Waals surface area (Å²) in [5.74, 6) is -2.63. The molecule has 2 aromatic rings. The predicted octanol–water partition coefficient (Wildman–Crippen LogP) is 1.90. The summed E-state index contributed by atoms with van der Waals surface area (Å²) in [7, 11) is 1.19. The van der Waals surface area contributed by atoms with E-state index in [0.29, 0.717) is 0 Å². The van der Waals surface area contributed by atoms with Gasteiger partial charge in [-0.05, 0) is 12.5 Å². The Balaban J connectivity index is 2.31. The van der Waals surface area contributed by atoms with Crippen LogP contribution < -0.4 is 0 Å². The summed E-state index contributed by atoms with van der Waals surface area (Å²) in [6, 6.07) is 6.20. The average molecular weight is 326 g/mol. The lowest BCUT2D eigenvalue weighted by Crippen LogP contribution is -2.22. The van der Waals surface area contributed by atoms with Crippen molar-refractivity contribution in [3.63, 3.8) is 0 Å². The molecule has 0 amide bonds. The number of phenolic OH excluding ortho intramolecular Hbond substituents is 2. The van der Waals surface area contributed by atoms with Crippen LogP contribution in [-0.2, 0) is 16.0 Å². The van der Waals surface area contributed by atoms with Crippen molar-refractivity contribution in [3.05, 3.63) is 57.6 Å². The highest BCUT2D eigenvalue weighted by Gasteiger charge is 2.37. The summed E-state index contributed by atoms with van der Waals surface area (Å²) in [5.41, 5.74) is 0.0428. The van der Waals surface area contributed by atoms with Crippen LogP contribution in [0.2, 0.25) is 0 Å². The molecule has 0 atom stereocenters. The van der Waals surface area contributed by atoms with Crippen LogP contribution in [0.25, 0.3) is 0 Å². The molecule has 0 saturated carbocycles. The molecule has 0 aromatic heterocycles. The summed E-state index contributed by atoms with van der Waals surface area (Å²) in [4.78, 5) is 36.9. The van der Waals surface area contributed by atoms with Gasteiger partial charge in [-0.3, -0.25) is 14.4 Å². The van der Waals surface area contributed by atoms with Crippen molar-refractivity contribution < 1.29 is 29.3 Å². The number of ketones is 2. The Bertz CT molecular complexity index is 910. The molecule has 0 spiro atoms. The van der Waals surface area contributed by atoms with E-state index >= 15 is 0 Å². The number of esters is 1. The average Bonchev–Trinajstić information content (AvgIpc) is 2.59. The minimum Gasteiger partial charge on any atom is -0.507 e. The first-order chi connectivity index (χ1) is 11.4. The topological polar surface area (TPSA) is 101 Å². The van der Waals surface area contributed by atoms with E-state index in [1.807, 2.05) is 0 Å². The normalized spacial score (nSPS) is 12.6. The van der Waals surface area contributed by atoms with Gasteiger partial charge in [-0.1, -0.05) is 24.3 Å². The summed E-state index contributed by atoms with van der Waals surface area (Å²) in [6.07, 6.45) is -0.321. The third kappa shape index (κ3) is 2.07. The van der Waals surface area contributed by atoms with E-state index in [-0.39, 0.29) is 39.8 Å². The number of ether oxygens (including phenoxy) is 1. The second kappa shape index (κ2) is 5.49. The van der Waals surface area contributed by atoms with Gasteiger partial charge in [0.1, 0.15) is 11.5 Å². The molecular weight excluding hydrogens is 312 g/mol. The standard InChI is InChI=1S/C18H14O6/c1-8-11(7-12(19)24-2)18(23)14-13(15(8)20)16(21)9-5-3-4-6-10(9)17(14)22/h3-6,20,23H,7H2,1-2H3. The molecule has 3 rings (SSSR count). The number of aromatic hydroxyl groups is 2. The van der Waals surface area contributed by atoms with Crippen LogP contribution >= 0.6 is 0 Å². The molecule has 2 N–H and O–H groups in total. The van der Waals surface area contributed by atoms with Crippen molar-refractivity contribution in [2.24, 2.45) is 0 Å². The van der Waals surface area contributed by atoms with Gasteiger partial charge in [-0.2, -0.15) is 0 Å². The number of methoxy groups -OCH3 is 1. The van der Waals surface area contributed by atoms with Crippen molar-refractivity contribution in [2.75, 3.05) is 7.11 Å². The van der Waals surface area contributed by atoms with Gasteiger partial charge in [0.25, 0.3) is 0 Å². The first-order valence-electron chi connectivity index (χ1n) is 7.21. The van der Waals surface area contributed by atoms with Crippen molar-refractivity contribution in [1.29, 1.82) is 0 Å². The lowest BCUT2D eigenvalue weighted by atomic mass is 9.80. The molecule has 0 heterocycles. The van der Waals surface area contributed by atoms with Gasteiger partial charge in [-0.15, -0.1) is 0 Å². The van der Waals surface area contributed by atoms with Crippen LogP contribution in [-0.4, -0.2) is 34.9 Å². The largest absolute Gasteiger partial charge is 0.507 e. The van der Waals surface area contributed by atoms with Gasteiger partial charge in [0.05, 0.1) is 24.7 Å². The number of hydrogen-bond donors (Lipinski definition) is 2. The minimum absolute atomic E-state index is 0.0682. The van der Waals surface area contributed by atoms with E-state index < -0.39 is 29.0 Å². The van der Waals surface area contributed by atoms with Crippen molar-refractivity contribution in [1.82, 2.24) is 0 Å². The quantitative estimate of drug-likeness (QED) is 0.551. The van der Waals surface area contributed by atoms with E-state index in [9.17, 15) is 24.6 Å². The highest BCUT2D eigenvalue weighted by molar-refractivity contribution is 6.30. The Hall–Kier alpha value is -3.15. The highest BCUT2D eigenvalue weighted by atomic mass is 16.5. The third-order valence-corrected chi connectivity index (χ3v) is 4.24. The van der Waals surface area contributed by atoms with Crippen LogP contribution in [0, 0.1) is 6.92 Å². The second-order valence-corrected chi connectivity index (χ2v) is 5.51. The Kier molecular flexibility index (Phi) is 3.60. The van der Waals surface area contributed by atoms with Gasteiger partial charge >= 0.3 is 5.97 Å². The Morgan fingerprint density at radius 1 is 1.00 bits per heavy atom. The van der Waals surface area contributed by atoms with Gasteiger partial charge in [0, 0.05) is 16.7 Å². The van der Waals surface area contributed by atoms with Crippen molar-refractivity contribution in [3.8, 4) is 11.5 Å². The summed E-state index contributed by atoms with van der Waals surface area (Å²) in [6.45, 7) is 1.46. The zero-order valence-corrected chi connectivity index (χ0v) is 13.0. The Labute approximate surface area is 137 Å². The van der Waals surface area contributed by atoms with Gasteiger partial charge in [0.15, 0.2) is 11.6 Å². The number of fused-ring (bicyclic) bond motifs is 2. The molecule has 1 aliphatic rings. The minimum atomic E-state index is -0.636. The fourth-order valence-electron chi connectivity index (χ4n) is 2.92. The maximum absolute atomic E-state index is 12.7. The van der Waals surface area contributed by atoms with E-state index in [2.05, 4.69) is 4.74 Å². The van der Waals surface area contributed by atoms with Crippen LogP contribution in [0.5, 0.6) is 11.5 Å². The molecule has 6 heteroatoms. The second-order valence-electron chi connectivity index (χ2n) is 5.51. The van der Waals surface area contributed by atoms with Gasteiger partial charge < -0.3 is 14.9 Å². The lowest BCUT2D eigenvalue weighted by Gasteiger charge is -2.22. The molecule has 6 nitrogen and oxygen atoms in total. The van der Waals surface area contributed by atoms with Gasteiger partial charge in [-0.25, -0.2) is 0 Å². The monoisotopic (exact) mass is 326 g/mol. The van der Waals surface area contributed by atoms with Crippen molar-refractivity contribution in [2.45, 2.75) is 13.3 Å². The van der Waals surface area contributed by atoms with E-state index in [4.69, 9.17) is 0 Å². The first kappa shape index (κ1) is 15.7. The fraction of sp³-hybridized carbons (Fsp3) is 0.167. The maximum atomic E-state index is 12.7. The zero-order valence-electron chi connectivity index (χ0n) is 13.0. The highest BCUT2D eigenvalue weighted by Crippen LogP contribution is 2.42. The first-order valence-corrected chi connectivity index (χ1v) is 7.21.